The van der Waals surface area contributed by atoms with Gasteiger partial charge >= 0.3 is 7.82 Å². The summed E-state index contributed by atoms with van der Waals surface area (Å²) in [7, 11) is -4.52. The second-order valence-electron chi connectivity index (χ2n) is 8.93. The molecule has 0 aliphatic rings. The predicted octanol–water partition coefficient (Wildman–Crippen LogP) is 8.55. The molecule has 0 spiro atoms. The first-order chi connectivity index (χ1) is 13.8. The highest BCUT2D eigenvalue weighted by molar-refractivity contribution is 7.46. The monoisotopic (exact) mass is 434 g/mol. The number of phosphoric acid groups is 1. The van der Waals surface area contributed by atoms with Crippen LogP contribution in [0, 0.1) is 5.92 Å². The summed E-state index contributed by atoms with van der Waals surface area (Å²) in [5.41, 5.74) is -0.668. The summed E-state index contributed by atoms with van der Waals surface area (Å²) < 4.78 is 17.7. The zero-order chi connectivity index (χ0) is 22.0. The fourth-order valence-corrected chi connectivity index (χ4v) is 5.44. The second-order valence-corrected chi connectivity index (χ2v) is 10.1. The van der Waals surface area contributed by atoms with Gasteiger partial charge in [0, 0.05) is 0 Å². The van der Waals surface area contributed by atoms with E-state index in [0.29, 0.717) is 0 Å². The fourth-order valence-electron chi connectivity index (χ4n) is 4.63. The molecule has 4 nitrogen and oxygen atoms in total. The second kappa shape index (κ2) is 17.8. The molecule has 1 atom stereocenters. The van der Waals surface area contributed by atoms with Crippen LogP contribution in [0.2, 0.25) is 0 Å². The first-order valence-electron chi connectivity index (χ1n) is 12.6. The molecule has 5 heteroatoms. The Balaban J connectivity index is 5.14. The van der Waals surface area contributed by atoms with Crippen LogP contribution in [-0.2, 0) is 9.09 Å². The van der Waals surface area contributed by atoms with Gasteiger partial charge in [-0.25, -0.2) is 4.57 Å². The highest BCUT2D eigenvalue weighted by atomic mass is 31.2. The van der Waals surface area contributed by atoms with Gasteiger partial charge in [-0.15, -0.1) is 0 Å². The van der Waals surface area contributed by atoms with Crippen LogP contribution in [-0.4, -0.2) is 15.4 Å². The first kappa shape index (κ1) is 29.1. The molecule has 0 saturated carbocycles. The van der Waals surface area contributed by atoms with Crippen molar-refractivity contribution in [2.45, 2.75) is 149 Å². The fraction of sp³-hybridized carbons (Fsp3) is 1.00. The van der Waals surface area contributed by atoms with Gasteiger partial charge in [-0.2, -0.15) is 0 Å². The molecule has 0 aliphatic carbocycles. The molecule has 0 amide bonds. The van der Waals surface area contributed by atoms with Gasteiger partial charge < -0.3 is 9.79 Å². The van der Waals surface area contributed by atoms with Gasteiger partial charge in [0.2, 0.25) is 0 Å². The molecule has 0 aromatic heterocycles. The van der Waals surface area contributed by atoms with Gasteiger partial charge in [0.1, 0.15) is 0 Å². The summed E-state index contributed by atoms with van der Waals surface area (Å²) in [5.74, 6) is 0.223. The Bertz CT molecular complexity index is 392. The van der Waals surface area contributed by atoms with E-state index >= 15 is 0 Å². The predicted molar refractivity (Wildman–Crippen MR) is 125 cm³/mol. The smallest absolute Gasteiger partial charge is 0.303 e. The number of phosphoric ester groups is 1. The van der Waals surface area contributed by atoms with E-state index in [0.717, 1.165) is 64.2 Å². The van der Waals surface area contributed by atoms with Crippen molar-refractivity contribution in [1.82, 2.24) is 0 Å². The van der Waals surface area contributed by atoms with Crippen molar-refractivity contribution >= 4 is 7.82 Å². The average Bonchev–Trinajstić information content (AvgIpc) is 2.66. The largest absolute Gasteiger partial charge is 0.470 e. The Morgan fingerprint density at radius 2 is 1.10 bits per heavy atom. The van der Waals surface area contributed by atoms with Crippen LogP contribution >= 0.6 is 7.82 Å². The number of rotatable bonds is 21. The molecule has 0 bridgehead atoms. The van der Waals surface area contributed by atoms with Crippen LogP contribution < -0.4 is 0 Å². The first-order valence-corrected chi connectivity index (χ1v) is 14.1. The van der Waals surface area contributed by atoms with Crippen molar-refractivity contribution in [1.29, 1.82) is 0 Å². The SMILES string of the molecule is CCCCCCCCC(CCCCCCCC)(OP(=O)(O)O)C(CC)CCCC. The molecular weight excluding hydrogens is 383 g/mol. The van der Waals surface area contributed by atoms with Crippen LogP contribution in [0.1, 0.15) is 143 Å². The maximum Gasteiger partial charge on any atom is 0.470 e. The summed E-state index contributed by atoms with van der Waals surface area (Å²) in [5, 5.41) is 0. The van der Waals surface area contributed by atoms with E-state index in [4.69, 9.17) is 4.52 Å². The third-order valence-electron chi connectivity index (χ3n) is 6.35. The Labute approximate surface area is 181 Å². The number of unbranched alkanes of at least 4 members (excludes halogenated alkanes) is 11. The van der Waals surface area contributed by atoms with E-state index in [2.05, 4.69) is 27.7 Å². The summed E-state index contributed by atoms with van der Waals surface area (Å²) in [6.45, 7) is 8.78. The Morgan fingerprint density at radius 1 is 0.690 bits per heavy atom. The third-order valence-corrected chi connectivity index (χ3v) is 6.95. The van der Waals surface area contributed by atoms with Gasteiger partial charge in [-0.3, -0.25) is 4.52 Å². The molecule has 176 valence electrons. The van der Waals surface area contributed by atoms with Crippen LogP contribution in [0.5, 0.6) is 0 Å². The lowest BCUT2D eigenvalue weighted by atomic mass is 9.75. The standard InChI is InChI=1S/C24H51O4P/c1-5-9-12-14-16-18-21-24(28-29(25,26)27,23(8-4)20-11-7-3)22-19-17-15-13-10-6-2/h23H,5-22H2,1-4H3,(H2,25,26,27). The molecule has 0 radical (unpaired) electrons. The van der Waals surface area contributed by atoms with Gasteiger partial charge in [-0.1, -0.05) is 124 Å². The molecular formula is C24H51O4P. The van der Waals surface area contributed by atoms with Crippen LogP contribution in [0.25, 0.3) is 0 Å². The molecule has 0 rings (SSSR count). The van der Waals surface area contributed by atoms with E-state index < -0.39 is 13.4 Å². The number of hydrogen-bond donors (Lipinski definition) is 2. The Kier molecular flexibility index (Phi) is 17.8. The lowest BCUT2D eigenvalue weighted by Crippen LogP contribution is -2.40. The summed E-state index contributed by atoms with van der Waals surface area (Å²) in [6, 6.07) is 0. The maximum atomic E-state index is 12.0. The van der Waals surface area contributed by atoms with Gasteiger partial charge in [0.15, 0.2) is 0 Å². The highest BCUT2D eigenvalue weighted by Gasteiger charge is 2.42. The molecule has 0 aromatic rings. The zero-order valence-corrected chi connectivity index (χ0v) is 20.9. The minimum atomic E-state index is -4.52. The average molecular weight is 435 g/mol. The van der Waals surface area contributed by atoms with Gasteiger partial charge in [0.05, 0.1) is 5.60 Å². The lowest BCUT2D eigenvalue weighted by Gasteiger charge is -2.41. The molecule has 1 unspecified atom stereocenters. The molecule has 0 heterocycles. The van der Waals surface area contributed by atoms with Crippen LogP contribution in [0.3, 0.4) is 0 Å². The lowest BCUT2D eigenvalue weighted by molar-refractivity contribution is -0.0393. The van der Waals surface area contributed by atoms with Crippen LogP contribution in [0.15, 0.2) is 0 Å². The van der Waals surface area contributed by atoms with Crippen molar-refractivity contribution in [3.63, 3.8) is 0 Å². The van der Waals surface area contributed by atoms with E-state index in [1.807, 2.05) is 0 Å². The Hall–Kier alpha value is 0.110. The Morgan fingerprint density at radius 3 is 1.48 bits per heavy atom. The normalized spacial score (nSPS) is 13.7. The van der Waals surface area contributed by atoms with E-state index in [-0.39, 0.29) is 5.92 Å². The minimum absolute atomic E-state index is 0.223. The van der Waals surface area contributed by atoms with Crippen molar-refractivity contribution in [2.75, 3.05) is 0 Å². The maximum absolute atomic E-state index is 12.0. The van der Waals surface area contributed by atoms with E-state index in [1.54, 1.807) is 0 Å². The number of hydrogen-bond acceptors (Lipinski definition) is 2. The molecule has 0 saturated heterocycles. The van der Waals surface area contributed by atoms with Crippen molar-refractivity contribution < 1.29 is 18.9 Å². The highest BCUT2D eigenvalue weighted by Crippen LogP contribution is 2.50. The molecule has 0 aliphatic heterocycles. The van der Waals surface area contributed by atoms with Crippen molar-refractivity contribution in [3.8, 4) is 0 Å². The van der Waals surface area contributed by atoms with Crippen molar-refractivity contribution in [3.05, 3.63) is 0 Å². The molecule has 0 fully saturated rings. The molecule has 29 heavy (non-hydrogen) atoms. The zero-order valence-electron chi connectivity index (χ0n) is 20.0. The van der Waals surface area contributed by atoms with Crippen LogP contribution in [0.4, 0.5) is 0 Å². The summed E-state index contributed by atoms with van der Waals surface area (Å²) in [4.78, 5) is 19.5. The molecule has 2 N–H and O–H groups in total. The summed E-state index contributed by atoms with van der Waals surface area (Å²) >= 11 is 0. The topological polar surface area (TPSA) is 66.8 Å². The molecule has 0 aromatic carbocycles. The minimum Gasteiger partial charge on any atom is -0.303 e. The van der Waals surface area contributed by atoms with Crippen molar-refractivity contribution in [2.24, 2.45) is 5.92 Å². The third kappa shape index (κ3) is 14.7. The quantitative estimate of drug-likeness (QED) is 0.140. The van der Waals surface area contributed by atoms with Gasteiger partial charge in [0.25, 0.3) is 0 Å². The van der Waals surface area contributed by atoms with E-state index in [9.17, 15) is 14.4 Å². The van der Waals surface area contributed by atoms with E-state index in [1.165, 1.54) is 51.4 Å². The summed E-state index contributed by atoms with van der Waals surface area (Å²) in [6.07, 6.45) is 19.9. The van der Waals surface area contributed by atoms with Gasteiger partial charge in [-0.05, 0) is 25.2 Å².